The molecule has 20 heavy (non-hydrogen) atoms. The molecule has 0 aliphatic heterocycles. The molecule has 0 atom stereocenters. The molecular weight excluding hydrogens is 306 g/mol. The number of halogens is 1. The third kappa shape index (κ3) is 2.91. The fourth-order valence-electron chi connectivity index (χ4n) is 1.41. The molecule has 1 aromatic carbocycles. The van der Waals surface area contributed by atoms with Crippen LogP contribution in [-0.2, 0) is 7.05 Å². The first-order valence-electron chi connectivity index (χ1n) is 5.26. The third-order valence-electron chi connectivity index (χ3n) is 2.32. The number of hydrogen-bond acceptors (Lipinski definition) is 5. The van der Waals surface area contributed by atoms with Crippen LogP contribution in [0, 0.1) is 0 Å². The Kier molecular flexibility index (Phi) is 3.96. The molecule has 7 nitrogen and oxygen atoms in total. The van der Waals surface area contributed by atoms with Crippen molar-refractivity contribution in [1.82, 2.24) is 14.8 Å². The predicted molar refractivity (Wildman–Crippen MR) is 72.6 cm³/mol. The molecular formula is C11H8ClN3O4S. The maximum Gasteiger partial charge on any atom is 0.339 e. The van der Waals surface area contributed by atoms with Gasteiger partial charge in [0.2, 0.25) is 0 Å². The van der Waals surface area contributed by atoms with Crippen LogP contribution < -0.4 is 11.1 Å². The highest BCUT2D eigenvalue weighted by atomic mass is 35.5. The number of aryl methyl sites for hydroxylation is 1. The largest absolute Gasteiger partial charge is 0.478 e. The summed E-state index contributed by atoms with van der Waals surface area (Å²) < 4.78 is 1.24. The lowest BCUT2D eigenvalue weighted by Gasteiger charge is -2.08. The Morgan fingerprint density at radius 3 is 2.80 bits per heavy atom. The first-order chi connectivity index (χ1) is 9.38. The van der Waals surface area contributed by atoms with Gasteiger partial charge in [0.05, 0.1) is 5.56 Å². The van der Waals surface area contributed by atoms with Gasteiger partial charge in [0, 0.05) is 17.0 Å². The SMILES string of the molecule is Cn1[nH]c(=O)c(=O)nc1Sc1ccc(Cl)cc1C(=O)O. The minimum absolute atomic E-state index is 0.0112. The van der Waals surface area contributed by atoms with E-state index in [4.69, 9.17) is 16.7 Å². The predicted octanol–water partition coefficient (Wildman–Crippen LogP) is 0.971. The molecule has 104 valence electrons. The van der Waals surface area contributed by atoms with Gasteiger partial charge in [-0.15, -0.1) is 0 Å². The maximum atomic E-state index is 11.2. The van der Waals surface area contributed by atoms with Crippen molar-refractivity contribution < 1.29 is 9.90 Å². The fourth-order valence-corrected chi connectivity index (χ4v) is 2.48. The molecule has 2 rings (SSSR count). The Balaban J connectivity index is 2.50. The van der Waals surface area contributed by atoms with E-state index in [1.807, 2.05) is 0 Å². The fraction of sp³-hybridized carbons (Fsp3) is 0.0909. The molecule has 0 saturated heterocycles. The molecule has 0 saturated carbocycles. The summed E-state index contributed by atoms with van der Waals surface area (Å²) in [7, 11) is 1.49. The number of aromatic carboxylic acids is 1. The molecule has 1 heterocycles. The van der Waals surface area contributed by atoms with Gasteiger partial charge in [-0.1, -0.05) is 11.6 Å². The number of carboxylic acid groups (broad SMARTS) is 1. The molecule has 0 radical (unpaired) electrons. The number of carbonyl (C=O) groups is 1. The molecule has 2 N–H and O–H groups in total. The van der Waals surface area contributed by atoms with Crippen molar-refractivity contribution in [2.24, 2.45) is 7.05 Å². The van der Waals surface area contributed by atoms with E-state index in [9.17, 15) is 14.4 Å². The molecule has 0 unspecified atom stereocenters. The number of aromatic amines is 1. The summed E-state index contributed by atoms with van der Waals surface area (Å²) in [5.41, 5.74) is -1.79. The second kappa shape index (κ2) is 5.51. The van der Waals surface area contributed by atoms with Gasteiger partial charge in [-0.2, -0.15) is 4.98 Å². The second-order valence-corrected chi connectivity index (χ2v) is 5.19. The molecule has 2 aromatic rings. The van der Waals surface area contributed by atoms with Gasteiger partial charge in [0.1, 0.15) is 0 Å². The van der Waals surface area contributed by atoms with Crippen LogP contribution in [0.2, 0.25) is 5.02 Å². The highest BCUT2D eigenvalue weighted by molar-refractivity contribution is 7.99. The number of aromatic nitrogens is 3. The van der Waals surface area contributed by atoms with Crippen LogP contribution in [0.25, 0.3) is 0 Å². The van der Waals surface area contributed by atoms with Gasteiger partial charge in [-0.05, 0) is 30.0 Å². The van der Waals surface area contributed by atoms with E-state index in [1.54, 1.807) is 0 Å². The minimum atomic E-state index is -1.15. The summed E-state index contributed by atoms with van der Waals surface area (Å²) in [6, 6.07) is 4.34. The number of benzene rings is 1. The number of carboxylic acids is 1. The Hall–Kier alpha value is -2.06. The van der Waals surface area contributed by atoms with Crippen molar-refractivity contribution >= 4 is 29.3 Å². The summed E-state index contributed by atoms with van der Waals surface area (Å²) in [4.78, 5) is 37.4. The maximum absolute atomic E-state index is 11.2. The molecule has 1 aromatic heterocycles. The minimum Gasteiger partial charge on any atom is -0.478 e. The first kappa shape index (κ1) is 14.4. The molecule has 0 fully saturated rings. The zero-order chi connectivity index (χ0) is 14.9. The van der Waals surface area contributed by atoms with E-state index in [2.05, 4.69) is 10.1 Å². The highest BCUT2D eigenvalue weighted by Crippen LogP contribution is 2.29. The van der Waals surface area contributed by atoms with Gasteiger partial charge in [0.25, 0.3) is 0 Å². The quantitative estimate of drug-likeness (QED) is 0.818. The van der Waals surface area contributed by atoms with Crippen molar-refractivity contribution in [3.05, 3.63) is 49.5 Å². The summed E-state index contributed by atoms with van der Waals surface area (Å²) in [6.45, 7) is 0. The van der Waals surface area contributed by atoms with Crippen molar-refractivity contribution in [1.29, 1.82) is 0 Å². The summed E-state index contributed by atoms with van der Waals surface area (Å²) >= 11 is 6.69. The van der Waals surface area contributed by atoms with Crippen molar-refractivity contribution in [3.8, 4) is 0 Å². The Morgan fingerprint density at radius 2 is 2.15 bits per heavy atom. The van der Waals surface area contributed by atoms with Crippen LogP contribution in [-0.4, -0.2) is 25.8 Å². The smallest absolute Gasteiger partial charge is 0.339 e. The third-order valence-corrected chi connectivity index (χ3v) is 3.68. The molecule has 0 amide bonds. The summed E-state index contributed by atoms with van der Waals surface area (Å²) in [5, 5.41) is 11.8. The number of H-pyrrole nitrogens is 1. The number of nitrogens with zero attached hydrogens (tertiary/aromatic N) is 2. The van der Waals surface area contributed by atoms with Crippen LogP contribution in [0.15, 0.2) is 37.8 Å². The van der Waals surface area contributed by atoms with Crippen LogP contribution >= 0.6 is 23.4 Å². The average molecular weight is 314 g/mol. The van der Waals surface area contributed by atoms with Crippen LogP contribution in [0.5, 0.6) is 0 Å². The zero-order valence-corrected chi connectivity index (χ0v) is 11.7. The standard InChI is InChI=1S/C11H8ClN3O4S/c1-15-11(13-8(16)9(17)14-15)20-7-3-2-5(12)4-6(7)10(18)19/h2-4H,1H3,(H,14,17)(H,18,19). The molecule has 0 aliphatic rings. The zero-order valence-electron chi connectivity index (χ0n) is 10.1. The van der Waals surface area contributed by atoms with E-state index in [0.717, 1.165) is 11.8 Å². The number of rotatable bonds is 3. The Labute approximate surface area is 121 Å². The van der Waals surface area contributed by atoms with Crippen molar-refractivity contribution in [3.63, 3.8) is 0 Å². The topological polar surface area (TPSA) is 105 Å². The average Bonchev–Trinajstić information content (AvgIpc) is 2.37. The van der Waals surface area contributed by atoms with E-state index in [0.29, 0.717) is 4.90 Å². The monoisotopic (exact) mass is 313 g/mol. The second-order valence-electron chi connectivity index (χ2n) is 3.75. The van der Waals surface area contributed by atoms with E-state index < -0.39 is 17.1 Å². The molecule has 9 heteroatoms. The van der Waals surface area contributed by atoms with Crippen LogP contribution in [0.1, 0.15) is 10.4 Å². The van der Waals surface area contributed by atoms with Gasteiger partial charge >= 0.3 is 17.1 Å². The normalized spacial score (nSPS) is 10.5. The molecule has 0 aliphatic carbocycles. The van der Waals surface area contributed by atoms with Gasteiger partial charge in [-0.3, -0.25) is 19.4 Å². The van der Waals surface area contributed by atoms with Gasteiger partial charge < -0.3 is 5.11 Å². The van der Waals surface area contributed by atoms with E-state index in [-0.39, 0.29) is 15.7 Å². The lowest BCUT2D eigenvalue weighted by atomic mass is 10.2. The van der Waals surface area contributed by atoms with E-state index in [1.165, 1.54) is 29.9 Å². The van der Waals surface area contributed by atoms with Crippen LogP contribution in [0.3, 0.4) is 0 Å². The van der Waals surface area contributed by atoms with Gasteiger partial charge in [-0.25, -0.2) is 4.79 Å². The van der Waals surface area contributed by atoms with E-state index >= 15 is 0 Å². The molecule has 0 bridgehead atoms. The Bertz CT molecular complexity index is 799. The number of hydrogen-bond donors (Lipinski definition) is 2. The van der Waals surface area contributed by atoms with Gasteiger partial charge in [0.15, 0.2) is 5.16 Å². The first-order valence-corrected chi connectivity index (χ1v) is 6.46. The van der Waals surface area contributed by atoms with Crippen molar-refractivity contribution in [2.45, 2.75) is 10.1 Å². The molecule has 0 spiro atoms. The summed E-state index contributed by atoms with van der Waals surface area (Å²) in [6.07, 6.45) is 0. The number of nitrogens with one attached hydrogen (secondary N) is 1. The summed E-state index contributed by atoms with van der Waals surface area (Å²) in [5.74, 6) is -1.15. The highest BCUT2D eigenvalue weighted by Gasteiger charge is 2.14. The lowest BCUT2D eigenvalue weighted by molar-refractivity contribution is 0.0693. The Morgan fingerprint density at radius 1 is 1.45 bits per heavy atom. The van der Waals surface area contributed by atoms with Crippen molar-refractivity contribution in [2.75, 3.05) is 0 Å². The van der Waals surface area contributed by atoms with Crippen LogP contribution in [0.4, 0.5) is 0 Å². The lowest BCUT2D eigenvalue weighted by Crippen LogP contribution is -2.33.